The van der Waals surface area contributed by atoms with E-state index in [4.69, 9.17) is 14.5 Å². The number of aromatic nitrogens is 2. The molecule has 4 heterocycles. The summed E-state index contributed by atoms with van der Waals surface area (Å²) in [7, 11) is 1.65. The van der Waals surface area contributed by atoms with Crippen molar-refractivity contribution >= 4 is 51.0 Å². The Morgan fingerprint density at radius 3 is 3.08 bits per heavy atom. The zero-order chi connectivity index (χ0) is 18.1. The van der Waals surface area contributed by atoms with Crippen LogP contribution in [0.3, 0.4) is 0 Å². The van der Waals surface area contributed by atoms with E-state index in [1.165, 1.54) is 16.0 Å². The molecule has 0 amide bonds. The van der Waals surface area contributed by atoms with Gasteiger partial charge in [-0.2, -0.15) is 0 Å². The molecule has 2 aromatic heterocycles. The molecule has 6 nitrogen and oxygen atoms in total. The maximum atomic E-state index is 13.3. The molecule has 0 bridgehead atoms. The number of thioether (sulfide) groups is 2. The van der Waals surface area contributed by atoms with Crippen molar-refractivity contribution in [3.63, 3.8) is 0 Å². The largest absolute Gasteiger partial charge is 0.465 e. The highest BCUT2D eigenvalue weighted by atomic mass is 32.2. The zero-order valence-electron chi connectivity index (χ0n) is 14.5. The smallest absolute Gasteiger partial charge is 0.319 e. The Balaban J connectivity index is 1.78. The standard InChI is InChI=1S/C17H20N2O4S3/c1-22-7-3-6-19-14(20)12-10-4-2-9-24-16(10)26-13(12)18-17(19)25-11-5-8-23-15(11)21/h11H,2-9H2,1H3. The van der Waals surface area contributed by atoms with Gasteiger partial charge in [0.25, 0.3) is 5.56 Å². The molecule has 2 aromatic rings. The van der Waals surface area contributed by atoms with Crippen LogP contribution in [0.4, 0.5) is 0 Å². The summed E-state index contributed by atoms with van der Waals surface area (Å²) in [5, 5.41) is 1.11. The van der Waals surface area contributed by atoms with E-state index in [1.54, 1.807) is 23.0 Å². The molecular weight excluding hydrogens is 392 g/mol. The van der Waals surface area contributed by atoms with Crippen LogP contribution in [0, 0.1) is 0 Å². The van der Waals surface area contributed by atoms with Crippen LogP contribution < -0.4 is 5.56 Å². The molecule has 2 aliphatic rings. The van der Waals surface area contributed by atoms with Gasteiger partial charge in [-0.05, 0) is 30.6 Å². The van der Waals surface area contributed by atoms with Gasteiger partial charge in [0, 0.05) is 26.7 Å². The minimum Gasteiger partial charge on any atom is -0.465 e. The first-order valence-corrected chi connectivity index (χ1v) is 11.4. The lowest BCUT2D eigenvalue weighted by Crippen LogP contribution is -2.25. The molecule has 2 aliphatic heterocycles. The van der Waals surface area contributed by atoms with Crippen LogP contribution in [0.2, 0.25) is 0 Å². The number of rotatable bonds is 6. The number of nitrogens with zero attached hydrogens (tertiary/aromatic N) is 2. The summed E-state index contributed by atoms with van der Waals surface area (Å²) in [6, 6.07) is 0. The Bertz CT molecular complexity index is 892. The first-order valence-electron chi connectivity index (χ1n) is 8.70. The average Bonchev–Trinajstić information content (AvgIpc) is 3.21. The van der Waals surface area contributed by atoms with Crippen molar-refractivity contribution in [2.75, 3.05) is 26.1 Å². The molecule has 1 fully saturated rings. The molecule has 1 saturated heterocycles. The third-order valence-corrected chi connectivity index (χ3v) is 8.27. The molecule has 0 aliphatic carbocycles. The first-order chi connectivity index (χ1) is 12.7. The van der Waals surface area contributed by atoms with Crippen LogP contribution in [-0.2, 0) is 27.2 Å². The highest BCUT2D eigenvalue weighted by Crippen LogP contribution is 2.41. The van der Waals surface area contributed by atoms with E-state index in [9.17, 15) is 9.59 Å². The van der Waals surface area contributed by atoms with Gasteiger partial charge in [-0.25, -0.2) is 4.98 Å². The summed E-state index contributed by atoms with van der Waals surface area (Å²) in [6.07, 6.45) is 3.43. The molecule has 4 rings (SSSR count). The van der Waals surface area contributed by atoms with Crippen LogP contribution in [-0.4, -0.2) is 46.8 Å². The number of carbonyl (C=O) groups is 1. The summed E-state index contributed by atoms with van der Waals surface area (Å²) in [6.45, 7) is 1.56. The van der Waals surface area contributed by atoms with E-state index in [-0.39, 0.29) is 16.8 Å². The molecule has 26 heavy (non-hydrogen) atoms. The van der Waals surface area contributed by atoms with Crippen molar-refractivity contribution in [2.45, 2.75) is 46.8 Å². The van der Waals surface area contributed by atoms with Crippen molar-refractivity contribution in [1.82, 2.24) is 9.55 Å². The molecular formula is C17H20N2O4S3. The van der Waals surface area contributed by atoms with Crippen LogP contribution in [0.1, 0.15) is 24.8 Å². The Morgan fingerprint density at radius 1 is 1.42 bits per heavy atom. The van der Waals surface area contributed by atoms with Crippen LogP contribution in [0.25, 0.3) is 10.2 Å². The van der Waals surface area contributed by atoms with Gasteiger partial charge >= 0.3 is 5.97 Å². The predicted octanol–water partition coefficient (Wildman–Crippen LogP) is 2.94. The van der Waals surface area contributed by atoms with Gasteiger partial charge in [0.2, 0.25) is 0 Å². The third kappa shape index (κ3) is 3.42. The summed E-state index contributed by atoms with van der Waals surface area (Å²) < 4.78 is 13.2. The van der Waals surface area contributed by atoms with Gasteiger partial charge < -0.3 is 9.47 Å². The third-order valence-electron chi connectivity index (χ3n) is 4.51. The van der Waals surface area contributed by atoms with Gasteiger partial charge in [0.05, 0.1) is 16.2 Å². The number of hydrogen-bond acceptors (Lipinski definition) is 8. The number of carbonyl (C=O) groups excluding carboxylic acids is 1. The fourth-order valence-corrected chi connectivity index (χ4v) is 6.88. The van der Waals surface area contributed by atoms with Crippen molar-refractivity contribution < 1.29 is 14.3 Å². The number of ether oxygens (including phenoxy) is 2. The normalized spacial score (nSPS) is 19.7. The summed E-state index contributed by atoms with van der Waals surface area (Å²) >= 11 is 4.78. The second-order valence-corrected chi connectivity index (χ2v) is 9.79. The molecule has 9 heteroatoms. The maximum absolute atomic E-state index is 13.3. The number of cyclic esters (lactones) is 1. The monoisotopic (exact) mass is 412 g/mol. The maximum Gasteiger partial charge on any atom is 0.319 e. The number of methoxy groups -OCH3 is 1. The molecule has 1 unspecified atom stereocenters. The lowest BCUT2D eigenvalue weighted by molar-refractivity contribution is -0.137. The molecule has 0 spiro atoms. The highest BCUT2D eigenvalue weighted by molar-refractivity contribution is 8.01. The first kappa shape index (κ1) is 18.3. The second kappa shape index (κ2) is 7.92. The van der Waals surface area contributed by atoms with Gasteiger partial charge in [0.15, 0.2) is 5.16 Å². The molecule has 140 valence electrons. The topological polar surface area (TPSA) is 70.4 Å². The van der Waals surface area contributed by atoms with Gasteiger partial charge in [0.1, 0.15) is 10.1 Å². The Labute approximate surface area is 163 Å². The van der Waals surface area contributed by atoms with Crippen LogP contribution in [0.5, 0.6) is 0 Å². The Morgan fingerprint density at radius 2 is 2.31 bits per heavy atom. The molecule has 1 atom stereocenters. The SMILES string of the molecule is COCCCn1c(SC2CCOC2=O)nc2sc3c(c2c1=O)CCCS3. The summed E-state index contributed by atoms with van der Waals surface area (Å²) in [5.74, 6) is 0.881. The quantitative estimate of drug-likeness (QED) is 0.410. The lowest BCUT2D eigenvalue weighted by atomic mass is 10.1. The minimum atomic E-state index is -0.281. The van der Waals surface area contributed by atoms with Gasteiger partial charge in [-0.1, -0.05) is 11.8 Å². The fraction of sp³-hybridized carbons (Fsp3) is 0.588. The van der Waals surface area contributed by atoms with Crippen molar-refractivity contribution in [1.29, 1.82) is 0 Å². The number of esters is 1. The predicted molar refractivity (Wildman–Crippen MR) is 105 cm³/mol. The van der Waals surface area contributed by atoms with Crippen LogP contribution in [0.15, 0.2) is 14.2 Å². The molecule has 0 saturated carbocycles. The number of fused-ring (bicyclic) bond motifs is 3. The zero-order valence-corrected chi connectivity index (χ0v) is 16.9. The van der Waals surface area contributed by atoms with E-state index < -0.39 is 0 Å². The van der Waals surface area contributed by atoms with E-state index in [0.29, 0.717) is 31.3 Å². The van der Waals surface area contributed by atoms with Crippen molar-refractivity contribution in [3.05, 3.63) is 15.9 Å². The van der Waals surface area contributed by atoms with E-state index in [2.05, 4.69) is 0 Å². The number of hydrogen-bond donors (Lipinski definition) is 0. The summed E-state index contributed by atoms with van der Waals surface area (Å²) in [4.78, 5) is 30.8. The summed E-state index contributed by atoms with van der Waals surface area (Å²) in [5.41, 5.74) is 1.18. The number of aryl methyl sites for hydroxylation is 1. The van der Waals surface area contributed by atoms with E-state index >= 15 is 0 Å². The Kier molecular flexibility index (Phi) is 5.58. The van der Waals surface area contributed by atoms with Crippen LogP contribution >= 0.6 is 34.9 Å². The molecule has 0 N–H and O–H groups in total. The average molecular weight is 413 g/mol. The van der Waals surface area contributed by atoms with E-state index in [1.807, 2.05) is 11.8 Å². The van der Waals surface area contributed by atoms with Crippen molar-refractivity contribution in [3.8, 4) is 0 Å². The van der Waals surface area contributed by atoms with E-state index in [0.717, 1.165) is 40.8 Å². The second-order valence-electron chi connectivity index (χ2n) is 6.26. The highest BCUT2D eigenvalue weighted by Gasteiger charge is 2.30. The Hall–Kier alpha value is -1.03. The fourth-order valence-electron chi connectivity index (χ4n) is 3.22. The van der Waals surface area contributed by atoms with Crippen molar-refractivity contribution in [2.24, 2.45) is 0 Å². The minimum absolute atomic E-state index is 0.0139. The lowest BCUT2D eigenvalue weighted by Gasteiger charge is -2.14. The van der Waals surface area contributed by atoms with Gasteiger partial charge in [-0.3, -0.25) is 14.2 Å². The number of thiophene rings is 1. The molecule has 0 radical (unpaired) electrons. The van der Waals surface area contributed by atoms with Gasteiger partial charge in [-0.15, -0.1) is 23.1 Å². The molecule has 0 aromatic carbocycles.